The molecule has 0 radical (unpaired) electrons. The summed E-state index contributed by atoms with van der Waals surface area (Å²) in [5.74, 6) is 0.780. The number of rotatable bonds is 3. The normalized spacial score (nSPS) is 33.2. The van der Waals surface area contributed by atoms with Gasteiger partial charge in [0.25, 0.3) is 0 Å². The zero-order valence-electron chi connectivity index (χ0n) is 8.21. The second kappa shape index (κ2) is 4.83. The maximum atomic E-state index is 9.73. The number of piperidine rings is 1. The lowest BCUT2D eigenvalue weighted by molar-refractivity contribution is 0.0928. The molecule has 0 spiro atoms. The smallest absolute Gasteiger partial charge is 0.0693 e. The molecule has 2 nitrogen and oxygen atoms in total. The molecule has 1 heterocycles. The molecule has 2 N–H and O–H groups in total. The quantitative estimate of drug-likeness (QED) is 0.675. The first-order valence-corrected chi connectivity index (χ1v) is 5.15. The second-order valence-corrected chi connectivity index (χ2v) is 4.05. The van der Waals surface area contributed by atoms with Gasteiger partial charge in [-0.05, 0) is 31.7 Å². The van der Waals surface area contributed by atoms with Crippen molar-refractivity contribution in [1.82, 2.24) is 5.32 Å². The van der Waals surface area contributed by atoms with E-state index in [1.54, 1.807) is 0 Å². The van der Waals surface area contributed by atoms with Crippen LogP contribution < -0.4 is 5.32 Å². The van der Waals surface area contributed by atoms with Crippen LogP contribution in [-0.2, 0) is 0 Å². The van der Waals surface area contributed by atoms with E-state index in [2.05, 4.69) is 19.2 Å². The van der Waals surface area contributed by atoms with Gasteiger partial charge >= 0.3 is 0 Å². The molecule has 72 valence electrons. The molecule has 0 aromatic heterocycles. The fraction of sp³-hybridized carbons (Fsp3) is 1.00. The van der Waals surface area contributed by atoms with E-state index in [0.29, 0.717) is 6.04 Å². The molecule has 1 aliphatic heterocycles. The standard InChI is InChI=1S/C10H21NO/c1-3-4-10(12)9-7-8(2)5-6-11-9/h8-12H,3-7H2,1-2H3/t8-,9+,10+/m0/s1. The van der Waals surface area contributed by atoms with Crippen LogP contribution in [0.25, 0.3) is 0 Å². The molecular formula is C10H21NO. The molecule has 0 aromatic carbocycles. The lowest BCUT2D eigenvalue weighted by atomic mass is 9.90. The molecule has 12 heavy (non-hydrogen) atoms. The Morgan fingerprint density at radius 1 is 1.58 bits per heavy atom. The van der Waals surface area contributed by atoms with E-state index >= 15 is 0 Å². The first-order chi connectivity index (χ1) is 5.74. The number of hydrogen-bond acceptors (Lipinski definition) is 2. The van der Waals surface area contributed by atoms with Gasteiger partial charge in [0.2, 0.25) is 0 Å². The van der Waals surface area contributed by atoms with Gasteiger partial charge in [-0.1, -0.05) is 20.3 Å². The molecule has 0 saturated carbocycles. The van der Waals surface area contributed by atoms with Crippen molar-refractivity contribution < 1.29 is 5.11 Å². The minimum Gasteiger partial charge on any atom is -0.392 e. The van der Waals surface area contributed by atoms with E-state index in [-0.39, 0.29) is 6.10 Å². The number of aliphatic hydroxyl groups is 1. The van der Waals surface area contributed by atoms with Crippen LogP contribution in [0.3, 0.4) is 0 Å². The van der Waals surface area contributed by atoms with Crippen LogP contribution in [0.4, 0.5) is 0 Å². The molecule has 0 aromatic rings. The highest BCUT2D eigenvalue weighted by molar-refractivity contribution is 4.81. The van der Waals surface area contributed by atoms with Crippen molar-refractivity contribution in [3.8, 4) is 0 Å². The molecule has 0 bridgehead atoms. The van der Waals surface area contributed by atoms with Crippen molar-refractivity contribution >= 4 is 0 Å². The first-order valence-electron chi connectivity index (χ1n) is 5.15. The highest BCUT2D eigenvalue weighted by Crippen LogP contribution is 2.18. The minimum atomic E-state index is -0.127. The molecule has 3 atom stereocenters. The third-order valence-corrected chi connectivity index (χ3v) is 2.75. The summed E-state index contributed by atoms with van der Waals surface area (Å²) in [6.45, 7) is 5.47. The summed E-state index contributed by atoms with van der Waals surface area (Å²) in [4.78, 5) is 0. The summed E-state index contributed by atoms with van der Waals surface area (Å²) in [6.07, 6.45) is 4.28. The topological polar surface area (TPSA) is 32.3 Å². The summed E-state index contributed by atoms with van der Waals surface area (Å²) < 4.78 is 0. The van der Waals surface area contributed by atoms with Crippen molar-refractivity contribution in [2.24, 2.45) is 5.92 Å². The van der Waals surface area contributed by atoms with Gasteiger partial charge < -0.3 is 10.4 Å². The van der Waals surface area contributed by atoms with Crippen LogP contribution in [0, 0.1) is 5.92 Å². The van der Waals surface area contributed by atoms with Crippen LogP contribution in [-0.4, -0.2) is 23.8 Å². The van der Waals surface area contributed by atoms with Gasteiger partial charge in [0.05, 0.1) is 6.10 Å². The van der Waals surface area contributed by atoms with Crippen LogP contribution in [0.15, 0.2) is 0 Å². The Kier molecular flexibility index (Phi) is 4.02. The Morgan fingerprint density at radius 2 is 2.33 bits per heavy atom. The summed E-state index contributed by atoms with van der Waals surface area (Å²) in [6, 6.07) is 0.355. The summed E-state index contributed by atoms with van der Waals surface area (Å²) in [5, 5.41) is 13.1. The molecule has 1 fully saturated rings. The fourth-order valence-corrected chi connectivity index (χ4v) is 1.94. The van der Waals surface area contributed by atoms with Crippen LogP contribution >= 0.6 is 0 Å². The monoisotopic (exact) mass is 171 g/mol. The third kappa shape index (κ3) is 2.76. The fourth-order valence-electron chi connectivity index (χ4n) is 1.94. The Labute approximate surface area is 75.4 Å². The van der Waals surface area contributed by atoms with Crippen LogP contribution in [0.5, 0.6) is 0 Å². The van der Waals surface area contributed by atoms with Crippen molar-refractivity contribution in [2.45, 2.75) is 51.7 Å². The largest absolute Gasteiger partial charge is 0.392 e. The van der Waals surface area contributed by atoms with Crippen molar-refractivity contribution in [2.75, 3.05) is 6.54 Å². The predicted molar refractivity (Wildman–Crippen MR) is 51.1 cm³/mol. The van der Waals surface area contributed by atoms with Gasteiger partial charge in [-0.15, -0.1) is 0 Å². The lowest BCUT2D eigenvalue weighted by Gasteiger charge is -2.31. The van der Waals surface area contributed by atoms with E-state index in [1.807, 2.05) is 0 Å². The number of hydrogen-bond donors (Lipinski definition) is 2. The molecule has 0 unspecified atom stereocenters. The van der Waals surface area contributed by atoms with E-state index in [1.165, 1.54) is 6.42 Å². The Morgan fingerprint density at radius 3 is 2.92 bits per heavy atom. The van der Waals surface area contributed by atoms with E-state index in [9.17, 15) is 5.11 Å². The van der Waals surface area contributed by atoms with Gasteiger partial charge in [-0.25, -0.2) is 0 Å². The van der Waals surface area contributed by atoms with Crippen molar-refractivity contribution in [1.29, 1.82) is 0 Å². The van der Waals surface area contributed by atoms with Gasteiger partial charge in [-0.3, -0.25) is 0 Å². The van der Waals surface area contributed by atoms with Crippen LogP contribution in [0.2, 0.25) is 0 Å². The van der Waals surface area contributed by atoms with Crippen LogP contribution in [0.1, 0.15) is 39.5 Å². The van der Waals surface area contributed by atoms with Gasteiger partial charge in [-0.2, -0.15) is 0 Å². The van der Waals surface area contributed by atoms with Crippen molar-refractivity contribution in [3.05, 3.63) is 0 Å². The molecule has 2 heteroatoms. The molecule has 0 amide bonds. The Hall–Kier alpha value is -0.0800. The zero-order chi connectivity index (χ0) is 8.97. The van der Waals surface area contributed by atoms with Crippen molar-refractivity contribution in [3.63, 3.8) is 0 Å². The average molecular weight is 171 g/mol. The highest BCUT2D eigenvalue weighted by Gasteiger charge is 2.23. The van der Waals surface area contributed by atoms with Gasteiger partial charge in [0, 0.05) is 6.04 Å². The van der Waals surface area contributed by atoms with Gasteiger partial charge in [0.15, 0.2) is 0 Å². The minimum absolute atomic E-state index is 0.127. The highest BCUT2D eigenvalue weighted by atomic mass is 16.3. The van der Waals surface area contributed by atoms with Gasteiger partial charge in [0.1, 0.15) is 0 Å². The van der Waals surface area contributed by atoms with E-state index in [4.69, 9.17) is 0 Å². The first kappa shape index (κ1) is 10.0. The maximum absolute atomic E-state index is 9.73. The van der Waals surface area contributed by atoms with E-state index in [0.717, 1.165) is 31.7 Å². The zero-order valence-corrected chi connectivity index (χ0v) is 8.21. The molecular weight excluding hydrogens is 150 g/mol. The SMILES string of the molecule is CCC[C@@H](O)[C@H]1C[C@@H](C)CCN1. The molecule has 1 aliphatic rings. The third-order valence-electron chi connectivity index (χ3n) is 2.75. The Bertz CT molecular complexity index is 127. The summed E-state index contributed by atoms with van der Waals surface area (Å²) in [7, 11) is 0. The second-order valence-electron chi connectivity index (χ2n) is 4.05. The maximum Gasteiger partial charge on any atom is 0.0693 e. The summed E-state index contributed by atoms with van der Waals surface area (Å²) >= 11 is 0. The molecule has 1 rings (SSSR count). The van der Waals surface area contributed by atoms with E-state index < -0.39 is 0 Å². The average Bonchev–Trinajstić information content (AvgIpc) is 2.05. The number of nitrogens with one attached hydrogen (secondary N) is 1. The Balaban J connectivity index is 2.29. The molecule has 1 saturated heterocycles. The summed E-state index contributed by atoms with van der Waals surface area (Å²) in [5.41, 5.74) is 0. The number of aliphatic hydroxyl groups excluding tert-OH is 1. The predicted octanol–water partition coefficient (Wildman–Crippen LogP) is 1.54. The molecule has 0 aliphatic carbocycles. The lowest BCUT2D eigenvalue weighted by Crippen LogP contribution is -2.45.